The molecule has 1 aromatic heterocycles. The van der Waals surface area contributed by atoms with Crippen LogP contribution in [0.3, 0.4) is 0 Å². The Balaban J connectivity index is 1.71. The summed E-state index contributed by atoms with van der Waals surface area (Å²) in [6.07, 6.45) is 12.9. The van der Waals surface area contributed by atoms with E-state index >= 15 is 0 Å². The molecule has 2 fully saturated rings. The van der Waals surface area contributed by atoms with Gasteiger partial charge in [-0.2, -0.15) is 15.0 Å². The van der Waals surface area contributed by atoms with Crippen molar-refractivity contribution in [1.29, 1.82) is 0 Å². The third kappa shape index (κ3) is 3.81. The van der Waals surface area contributed by atoms with Crippen LogP contribution in [0.2, 0.25) is 0 Å². The Hall–Kier alpha value is -2.17. The lowest BCUT2D eigenvalue weighted by molar-refractivity contribution is 0.335. The Kier molecular flexibility index (Phi) is 5.32. The molecule has 26 heavy (non-hydrogen) atoms. The van der Waals surface area contributed by atoms with Gasteiger partial charge in [-0.3, -0.25) is 0 Å². The highest BCUT2D eigenvalue weighted by atomic mass is 15.3. The van der Waals surface area contributed by atoms with Gasteiger partial charge in [0.15, 0.2) is 5.82 Å². The largest absolute Gasteiger partial charge is 0.368 e. The van der Waals surface area contributed by atoms with Crippen molar-refractivity contribution in [3.63, 3.8) is 0 Å². The van der Waals surface area contributed by atoms with Crippen molar-refractivity contribution in [1.82, 2.24) is 15.0 Å². The van der Waals surface area contributed by atoms with Crippen LogP contribution in [0, 0.1) is 0 Å². The Bertz CT molecular complexity index is 688. The molecule has 2 saturated carbocycles. The van der Waals surface area contributed by atoms with E-state index in [-0.39, 0.29) is 0 Å². The predicted octanol–water partition coefficient (Wildman–Crippen LogP) is 4.59. The Morgan fingerprint density at radius 2 is 1.31 bits per heavy atom. The number of aromatic nitrogens is 3. The number of hydrogen-bond donors (Lipinski definition) is 1. The first-order chi connectivity index (χ1) is 12.8. The molecule has 0 bridgehead atoms. The van der Waals surface area contributed by atoms with Crippen molar-refractivity contribution in [3.05, 3.63) is 30.3 Å². The van der Waals surface area contributed by atoms with Crippen LogP contribution in [-0.2, 0) is 0 Å². The van der Waals surface area contributed by atoms with Crippen LogP contribution in [0.4, 0.5) is 11.9 Å². The first-order valence-electron chi connectivity index (χ1n) is 10.2. The maximum atomic E-state index is 6.10. The van der Waals surface area contributed by atoms with E-state index in [1.165, 1.54) is 64.2 Å². The summed E-state index contributed by atoms with van der Waals surface area (Å²) in [6, 6.07) is 11.2. The molecule has 5 nitrogen and oxygen atoms in total. The van der Waals surface area contributed by atoms with Crippen molar-refractivity contribution in [2.24, 2.45) is 0 Å². The molecular weight excluding hydrogens is 322 g/mol. The molecule has 1 aromatic carbocycles. The first kappa shape index (κ1) is 17.3. The van der Waals surface area contributed by atoms with Crippen LogP contribution in [0.15, 0.2) is 30.3 Å². The maximum absolute atomic E-state index is 6.10. The van der Waals surface area contributed by atoms with Crippen LogP contribution in [-0.4, -0.2) is 27.0 Å². The molecule has 0 spiro atoms. The average molecular weight is 351 g/mol. The fourth-order valence-corrected chi connectivity index (χ4v) is 4.56. The molecule has 5 heteroatoms. The van der Waals surface area contributed by atoms with E-state index in [1.54, 1.807) is 0 Å². The summed E-state index contributed by atoms with van der Waals surface area (Å²) in [7, 11) is 0. The van der Waals surface area contributed by atoms with Gasteiger partial charge < -0.3 is 10.6 Å². The lowest BCUT2D eigenvalue weighted by Gasteiger charge is -2.41. The van der Waals surface area contributed by atoms with Gasteiger partial charge in [0.1, 0.15) is 0 Å². The summed E-state index contributed by atoms with van der Waals surface area (Å²) < 4.78 is 0. The molecule has 0 saturated heterocycles. The number of anilines is 2. The van der Waals surface area contributed by atoms with E-state index in [0.29, 0.717) is 23.9 Å². The molecule has 2 N–H and O–H groups in total. The molecule has 0 unspecified atom stereocenters. The third-order valence-electron chi connectivity index (χ3n) is 5.84. The molecule has 4 rings (SSSR count). The Morgan fingerprint density at radius 3 is 1.88 bits per heavy atom. The van der Waals surface area contributed by atoms with E-state index in [1.807, 2.05) is 30.3 Å². The Labute approximate surface area is 156 Å². The highest BCUT2D eigenvalue weighted by molar-refractivity contribution is 5.58. The summed E-state index contributed by atoms with van der Waals surface area (Å²) in [5, 5.41) is 0. The van der Waals surface area contributed by atoms with Crippen molar-refractivity contribution < 1.29 is 0 Å². The zero-order chi connectivity index (χ0) is 17.8. The van der Waals surface area contributed by atoms with Crippen molar-refractivity contribution in [2.45, 2.75) is 76.3 Å². The molecule has 0 aliphatic heterocycles. The highest BCUT2D eigenvalue weighted by Gasteiger charge is 2.31. The number of nitrogens with two attached hydrogens (primary N) is 1. The van der Waals surface area contributed by atoms with Crippen LogP contribution in [0.5, 0.6) is 0 Å². The number of rotatable bonds is 4. The lowest BCUT2D eigenvalue weighted by Crippen LogP contribution is -2.46. The Morgan fingerprint density at radius 1 is 0.731 bits per heavy atom. The number of hydrogen-bond acceptors (Lipinski definition) is 5. The standard InChI is InChI=1S/C21H29N5/c22-20-23-19(16-10-4-1-5-11-16)24-21(25-20)26(17-12-6-2-7-13-17)18-14-8-3-9-15-18/h1,4-5,10-11,17-18H,2-3,6-9,12-15H2,(H2,22,23,24,25). The van der Waals surface area contributed by atoms with Crippen molar-refractivity contribution in [2.75, 3.05) is 10.6 Å². The topological polar surface area (TPSA) is 67.9 Å². The van der Waals surface area contributed by atoms with E-state index in [4.69, 9.17) is 10.7 Å². The predicted molar refractivity (Wildman–Crippen MR) is 106 cm³/mol. The zero-order valence-corrected chi connectivity index (χ0v) is 15.5. The lowest BCUT2D eigenvalue weighted by atomic mass is 9.89. The summed E-state index contributed by atoms with van der Waals surface area (Å²) >= 11 is 0. The molecule has 2 aromatic rings. The molecule has 0 radical (unpaired) electrons. The summed E-state index contributed by atoms with van der Waals surface area (Å²) in [5.74, 6) is 1.80. The van der Waals surface area contributed by atoms with Crippen LogP contribution >= 0.6 is 0 Å². The maximum Gasteiger partial charge on any atom is 0.231 e. The second kappa shape index (κ2) is 8.02. The summed E-state index contributed by atoms with van der Waals surface area (Å²) in [4.78, 5) is 16.4. The van der Waals surface area contributed by atoms with Crippen molar-refractivity contribution >= 4 is 11.9 Å². The fourth-order valence-electron chi connectivity index (χ4n) is 4.56. The van der Waals surface area contributed by atoms with E-state index in [2.05, 4.69) is 14.9 Å². The molecule has 0 atom stereocenters. The minimum Gasteiger partial charge on any atom is -0.368 e. The van der Waals surface area contributed by atoms with Crippen LogP contribution < -0.4 is 10.6 Å². The molecule has 0 amide bonds. The van der Waals surface area contributed by atoms with Gasteiger partial charge in [0.25, 0.3) is 0 Å². The van der Waals surface area contributed by atoms with Gasteiger partial charge in [-0.15, -0.1) is 0 Å². The van der Waals surface area contributed by atoms with E-state index in [9.17, 15) is 0 Å². The SMILES string of the molecule is Nc1nc(-c2ccccc2)nc(N(C2CCCCC2)C2CCCCC2)n1. The minimum absolute atomic E-state index is 0.325. The van der Waals surface area contributed by atoms with Gasteiger partial charge >= 0.3 is 0 Å². The molecular formula is C21H29N5. The number of nitrogens with zero attached hydrogens (tertiary/aromatic N) is 4. The van der Waals surface area contributed by atoms with Gasteiger partial charge in [-0.05, 0) is 25.7 Å². The van der Waals surface area contributed by atoms with Crippen LogP contribution in [0.1, 0.15) is 64.2 Å². The third-order valence-corrected chi connectivity index (χ3v) is 5.84. The highest BCUT2D eigenvalue weighted by Crippen LogP contribution is 2.33. The molecule has 138 valence electrons. The second-order valence-electron chi connectivity index (χ2n) is 7.67. The second-order valence-corrected chi connectivity index (χ2v) is 7.67. The van der Waals surface area contributed by atoms with Gasteiger partial charge in [-0.1, -0.05) is 68.9 Å². The van der Waals surface area contributed by atoms with E-state index < -0.39 is 0 Å². The van der Waals surface area contributed by atoms with E-state index in [0.717, 1.165) is 11.5 Å². The molecule has 2 aliphatic rings. The summed E-state index contributed by atoms with van der Waals surface area (Å²) in [5.41, 5.74) is 7.10. The smallest absolute Gasteiger partial charge is 0.231 e. The van der Waals surface area contributed by atoms with Crippen molar-refractivity contribution in [3.8, 4) is 11.4 Å². The van der Waals surface area contributed by atoms with Gasteiger partial charge in [0, 0.05) is 17.6 Å². The monoisotopic (exact) mass is 351 g/mol. The van der Waals surface area contributed by atoms with Crippen LogP contribution in [0.25, 0.3) is 11.4 Å². The quantitative estimate of drug-likeness (QED) is 0.872. The zero-order valence-electron chi connectivity index (χ0n) is 15.5. The normalized spacial score (nSPS) is 19.4. The van der Waals surface area contributed by atoms with Gasteiger partial charge in [-0.25, -0.2) is 0 Å². The molecule has 1 heterocycles. The van der Waals surface area contributed by atoms with Gasteiger partial charge in [0.2, 0.25) is 11.9 Å². The minimum atomic E-state index is 0.325. The average Bonchev–Trinajstić information content (AvgIpc) is 2.70. The summed E-state index contributed by atoms with van der Waals surface area (Å²) in [6.45, 7) is 0. The van der Waals surface area contributed by atoms with Gasteiger partial charge in [0.05, 0.1) is 0 Å². The fraction of sp³-hybridized carbons (Fsp3) is 0.571. The molecule has 2 aliphatic carbocycles. The first-order valence-corrected chi connectivity index (χ1v) is 10.2. The number of benzene rings is 1. The number of nitrogen functional groups attached to an aromatic ring is 1.